The zero-order chi connectivity index (χ0) is 13.1. The summed E-state index contributed by atoms with van der Waals surface area (Å²) in [5, 5.41) is 9.16. The van der Waals surface area contributed by atoms with Crippen molar-refractivity contribution < 1.29 is 14.6 Å². The molecule has 0 spiro atoms. The Morgan fingerprint density at radius 1 is 1.50 bits per heavy atom. The van der Waals surface area contributed by atoms with Crippen molar-refractivity contribution >= 4 is 18.5 Å². The molecule has 2 rings (SSSR count). The van der Waals surface area contributed by atoms with Gasteiger partial charge in [0.2, 0.25) is 0 Å². The Bertz CT molecular complexity index is 438. The summed E-state index contributed by atoms with van der Waals surface area (Å²) in [5.41, 5.74) is 0.589. The Morgan fingerprint density at radius 3 is 2.89 bits per heavy atom. The largest absolute Gasteiger partial charge is 0.394 e. The van der Waals surface area contributed by atoms with Crippen LogP contribution in [0.4, 0.5) is 0 Å². The number of thiol groups is 1. The molecule has 2 atom stereocenters. The van der Waals surface area contributed by atoms with E-state index in [2.05, 4.69) is 12.6 Å². The monoisotopic (exact) mass is 267 g/mol. The average molecular weight is 267 g/mol. The minimum atomic E-state index is -0.301. The molecule has 1 aromatic rings. The molecule has 1 heterocycles. The van der Waals surface area contributed by atoms with Gasteiger partial charge in [0.05, 0.1) is 24.4 Å². The van der Waals surface area contributed by atoms with Gasteiger partial charge in [0.25, 0.3) is 5.91 Å². The summed E-state index contributed by atoms with van der Waals surface area (Å²) in [7, 11) is 0. The van der Waals surface area contributed by atoms with Gasteiger partial charge in [-0.2, -0.15) is 0 Å². The molecule has 98 valence electrons. The maximum Gasteiger partial charge on any atom is 0.255 e. The highest BCUT2D eigenvalue weighted by molar-refractivity contribution is 7.80. The first kappa shape index (κ1) is 13.4. The number of aliphatic hydroxyl groups excluding tert-OH is 1. The van der Waals surface area contributed by atoms with Crippen molar-refractivity contribution in [2.24, 2.45) is 0 Å². The van der Waals surface area contributed by atoms with E-state index in [1.807, 2.05) is 19.1 Å². The van der Waals surface area contributed by atoms with Gasteiger partial charge in [-0.15, -0.1) is 12.6 Å². The lowest BCUT2D eigenvalue weighted by molar-refractivity contribution is -0.0859. The Balaban J connectivity index is 2.16. The maximum atomic E-state index is 12.4. The lowest BCUT2D eigenvalue weighted by Gasteiger charge is -2.36. The van der Waals surface area contributed by atoms with E-state index in [9.17, 15) is 4.79 Å². The van der Waals surface area contributed by atoms with E-state index in [0.717, 1.165) is 0 Å². The van der Waals surface area contributed by atoms with Crippen LogP contribution >= 0.6 is 12.6 Å². The van der Waals surface area contributed by atoms with Crippen LogP contribution in [0.5, 0.6) is 0 Å². The van der Waals surface area contributed by atoms with E-state index in [1.54, 1.807) is 17.0 Å². The van der Waals surface area contributed by atoms with Crippen LogP contribution in [-0.4, -0.2) is 47.8 Å². The fourth-order valence-corrected chi connectivity index (χ4v) is 2.39. The first-order valence-electron chi connectivity index (χ1n) is 5.95. The second-order valence-electron chi connectivity index (χ2n) is 4.48. The van der Waals surface area contributed by atoms with Crippen LogP contribution in [0.1, 0.15) is 17.3 Å². The number of morpholine rings is 1. The van der Waals surface area contributed by atoms with Crippen LogP contribution in [0.25, 0.3) is 0 Å². The molecule has 0 saturated carbocycles. The van der Waals surface area contributed by atoms with Crippen molar-refractivity contribution in [3.63, 3.8) is 0 Å². The lowest BCUT2D eigenvalue weighted by Crippen LogP contribution is -2.50. The van der Waals surface area contributed by atoms with E-state index in [1.165, 1.54) is 0 Å². The standard InChI is InChI=1S/C13H17NO3S/c1-9-6-14(7-10(8-15)17-9)13(16)11-4-2-3-5-12(11)18/h2-5,9-10,15,18H,6-8H2,1H3. The summed E-state index contributed by atoms with van der Waals surface area (Å²) in [5.74, 6) is -0.0609. The van der Waals surface area contributed by atoms with Crippen LogP contribution in [0, 0.1) is 0 Å². The molecule has 2 unspecified atom stereocenters. The molecular weight excluding hydrogens is 250 g/mol. The zero-order valence-corrected chi connectivity index (χ0v) is 11.1. The summed E-state index contributed by atoms with van der Waals surface area (Å²) in [6.45, 7) is 2.78. The van der Waals surface area contributed by atoms with E-state index in [4.69, 9.17) is 9.84 Å². The van der Waals surface area contributed by atoms with Crippen molar-refractivity contribution in [1.82, 2.24) is 4.90 Å². The normalized spacial score (nSPS) is 24.1. The third kappa shape index (κ3) is 2.85. The lowest BCUT2D eigenvalue weighted by atomic mass is 10.1. The molecule has 1 saturated heterocycles. The van der Waals surface area contributed by atoms with Crippen LogP contribution in [-0.2, 0) is 4.74 Å². The third-order valence-corrected chi connectivity index (χ3v) is 3.34. The predicted octanol–water partition coefficient (Wildman–Crippen LogP) is 1.20. The number of carbonyl (C=O) groups excluding carboxylic acids is 1. The molecule has 0 bridgehead atoms. The molecule has 1 amide bonds. The van der Waals surface area contributed by atoms with Gasteiger partial charge in [-0.05, 0) is 19.1 Å². The highest BCUT2D eigenvalue weighted by Gasteiger charge is 2.29. The quantitative estimate of drug-likeness (QED) is 0.792. The summed E-state index contributed by atoms with van der Waals surface area (Å²) < 4.78 is 5.52. The Hall–Kier alpha value is -1.04. The minimum Gasteiger partial charge on any atom is -0.394 e. The molecule has 1 N–H and O–H groups in total. The van der Waals surface area contributed by atoms with Gasteiger partial charge in [-0.3, -0.25) is 4.79 Å². The number of aliphatic hydroxyl groups is 1. The fourth-order valence-electron chi connectivity index (χ4n) is 2.14. The molecule has 1 fully saturated rings. The van der Waals surface area contributed by atoms with Crippen molar-refractivity contribution in [2.45, 2.75) is 24.0 Å². The van der Waals surface area contributed by atoms with E-state index in [0.29, 0.717) is 23.5 Å². The van der Waals surface area contributed by atoms with Gasteiger partial charge in [0.1, 0.15) is 0 Å². The van der Waals surface area contributed by atoms with Gasteiger partial charge in [-0.25, -0.2) is 0 Å². The highest BCUT2D eigenvalue weighted by Crippen LogP contribution is 2.18. The minimum absolute atomic E-state index is 0.0609. The molecule has 18 heavy (non-hydrogen) atoms. The first-order valence-corrected chi connectivity index (χ1v) is 6.40. The molecule has 0 aromatic heterocycles. The topological polar surface area (TPSA) is 49.8 Å². The van der Waals surface area contributed by atoms with Gasteiger partial charge in [0, 0.05) is 18.0 Å². The SMILES string of the molecule is CC1CN(C(=O)c2ccccc2S)CC(CO)O1. The summed E-state index contributed by atoms with van der Waals surface area (Å²) >= 11 is 4.30. The van der Waals surface area contributed by atoms with Crippen LogP contribution < -0.4 is 0 Å². The number of rotatable bonds is 2. The number of hydrogen-bond donors (Lipinski definition) is 2. The molecular formula is C13H17NO3S. The summed E-state index contributed by atoms with van der Waals surface area (Å²) in [6, 6.07) is 7.22. The smallest absolute Gasteiger partial charge is 0.255 e. The Labute approximate surface area is 112 Å². The molecule has 1 aliphatic rings. The van der Waals surface area contributed by atoms with Crippen molar-refractivity contribution in [2.75, 3.05) is 19.7 Å². The average Bonchev–Trinajstić information content (AvgIpc) is 2.37. The molecule has 5 heteroatoms. The Morgan fingerprint density at radius 2 is 2.22 bits per heavy atom. The van der Waals surface area contributed by atoms with E-state index >= 15 is 0 Å². The van der Waals surface area contributed by atoms with Gasteiger partial charge < -0.3 is 14.7 Å². The zero-order valence-electron chi connectivity index (χ0n) is 10.2. The predicted molar refractivity (Wildman–Crippen MR) is 71.0 cm³/mol. The van der Waals surface area contributed by atoms with Crippen molar-refractivity contribution in [3.05, 3.63) is 29.8 Å². The molecule has 0 aliphatic carbocycles. The van der Waals surface area contributed by atoms with Gasteiger partial charge >= 0.3 is 0 Å². The van der Waals surface area contributed by atoms with Gasteiger partial charge in [0.15, 0.2) is 0 Å². The van der Waals surface area contributed by atoms with Crippen molar-refractivity contribution in [1.29, 1.82) is 0 Å². The molecule has 1 aromatic carbocycles. The van der Waals surface area contributed by atoms with E-state index in [-0.39, 0.29) is 24.7 Å². The summed E-state index contributed by atoms with van der Waals surface area (Å²) in [4.78, 5) is 14.7. The second kappa shape index (κ2) is 5.73. The molecule has 1 aliphatic heterocycles. The number of benzene rings is 1. The highest BCUT2D eigenvalue weighted by atomic mass is 32.1. The van der Waals surface area contributed by atoms with Crippen molar-refractivity contribution in [3.8, 4) is 0 Å². The summed E-state index contributed by atoms with van der Waals surface area (Å²) in [6.07, 6.45) is -0.364. The second-order valence-corrected chi connectivity index (χ2v) is 4.96. The molecule has 4 nitrogen and oxygen atoms in total. The first-order chi connectivity index (χ1) is 8.61. The van der Waals surface area contributed by atoms with Crippen LogP contribution in [0.15, 0.2) is 29.2 Å². The number of nitrogens with zero attached hydrogens (tertiary/aromatic N) is 1. The number of amides is 1. The third-order valence-electron chi connectivity index (χ3n) is 2.95. The maximum absolute atomic E-state index is 12.4. The Kier molecular flexibility index (Phi) is 4.27. The van der Waals surface area contributed by atoms with Gasteiger partial charge in [-0.1, -0.05) is 12.1 Å². The number of ether oxygens (including phenoxy) is 1. The number of carbonyl (C=O) groups is 1. The molecule has 0 radical (unpaired) electrons. The fraction of sp³-hybridized carbons (Fsp3) is 0.462. The van der Waals surface area contributed by atoms with Crippen LogP contribution in [0.2, 0.25) is 0 Å². The number of hydrogen-bond acceptors (Lipinski definition) is 4. The van der Waals surface area contributed by atoms with Crippen LogP contribution in [0.3, 0.4) is 0 Å². The van der Waals surface area contributed by atoms with E-state index < -0.39 is 0 Å².